The predicted octanol–water partition coefficient (Wildman–Crippen LogP) is -7.81. The van der Waals surface area contributed by atoms with Crippen LogP contribution in [0, 0.1) is 5.41 Å². The van der Waals surface area contributed by atoms with Gasteiger partial charge in [-0.05, 0) is 110 Å². The third kappa shape index (κ3) is 26.0. The zero-order valence-electron chi connectivity index (χ0n) is 42.5. The third-order valence-electron chi connectivity index (χ3n) is 11.7. The third-order valence-corrected chi connectivity index (χ3v) is 11.7. The molecule has 0 aliphatic carbocycles. The number of carbonyl (C=O) groups excluding carboxylic acids is 7. The molecule has 1 heterocycles. The van der Waals surface area contributed by atoms with E-state index in [1.807, 2.05) is 0 Å². The summed E-state index contributed by atoms with van der Waals surface area (Å²) < 4.78 is 5.11. The average Bonchev–Trinajstić information content (AvgIpc) is 3.87. The molecule has 1 aliphatic rings. The first-order valence-corrected chi connectivity index (χ1v) is 25.0. The summed E-state index contributed by atoms with van der Waals surface area (Å²) in [4.78, 5) is 107. The fraction of sp³-hybridized carbons (Fsp3) is 0.750. The molecule has 424 valence electrons. The van der Waals surface area contributed by atoms with E-state index in [0.29, 0.717) is 58.0 Å². The first-order valence-electron chi connectivity index (χ1n) is 25.0. The quantitative estimate of drug-likeness (QED) is 0.00891. The number of nitrogens with one attached hydrogen (secondary N) is 10. The first-order chi connectivity index (χ1) is 35.3. The number of hydrogen-bond acceptors (Lipinski definition) is 20. The summed E-state index contributed by atoms with van der Waals surface area (Å²) in [5, 5.41) is 62.4. The number of rotatable bonds is 40. The highest BCUT2D eigenvalue weighted by Crippen LogP contribution is 2.22. The second-order valence-corrected chi connectivity index (χ2v) is 17.6. The van der Waals surface area contributed by atoms with Gasteiger partial charge in [-0.25, -0.2) is 4.79 Å². The second-order valence-electron chi connectivity index (χ2n) is 17.6. The van der Waals surface area contributed by atoms with Gasteiger partial charge < -0.3 is 102 Å². The molecule has 0 aromatic heterocycles. The van der Waals surface area contributed by atoms with Crippen LogP contribution in [-0.4, -0.2) is 194 Å². The molecule has 0 aromatic rings. The standard InChI is InChI=1S/C44H86N18O12/c1-26(56-41(70)35(33(63)22-48)61-37(66)27(50)10-2-4-16-45)36(65)55-23-34(64)57-30(12-6-18-47)42(71)62-21-9-15-32(62)40(69)59-29(13-7-19-53-25-74-24-49)38(67)58-28(11-3-5-17-46)39(68)60-31(43(72)73)14-8-20-54-44(51)52/h14,26-30,32-33,35,40,53,59,63,69H,2-13,15-25,45-50H2,1H3,(H,55,65)(H,56,70)(H,57,64)(H,58,67)(H,60,68)(H,61,66)(H,72,73)(H4,51,52,54)/b31-14-/t26-,27-,28-,29-,30+,32-,33-,35-,40?/m0/s1. The maximum atomic E-state index is 14.2. The lowest BCUT2D eigenvalue weighted by atomic mass is 10.0. The Kier molecular flexibility index (Phi) is 34.0. The summed E-state index contributed by atoms with van der Waals surface area (Å²) in [6.07, 6.45) is 2.21. The van der Waals surface area contributed by atoms with Crippen LogP contribution < -0.4 is 88.0 Å². The molecule has 30 heteroatoms. The van der Waals surface area contributed by atoms with Gasteiger partial charge in [0.1, 0.15) is 36.1 Å². The smallest absolute Gasteiger partial charge is 0.352 e. The number of guanidine groups is 1. The van der Waals surface area contributed by atoms with Crippen molar-refractivity contribution in [2.75, 3.05) is 65.8 Å². The molecule has 7 amide bonds. The van der Waals surface area contributed by atoms with Crippen LogP contribution in [-0.2, 0) is 43.1 Å². The summed E-state index contributed by atoms with van der Waals surface area (Å²) >= 11 is 0. The number of carboxylic acid groups (broad SMARTS) is 1. The Hall–Kier alpha value is -5.67. The summed E-state index contributed by atoms with van der Waals surface area (Å²) in [6.45, 7) is 1.82. The largest absolute Gasteiger partial charge is 0.477 e. The lowest BCUT2D eigenvalue weighted by molar-refractivity contribution is -0.140. The number of carboxylic acids is 1. The molecule has 0 aromatic carbocycles. The van der Waals surface area contributed by atoms with Crippen molar-refractivity contribution in [2.24, 2.45) is 40.1 Å². The van der Waals surface area contributed by atoms with E-state index in [-0.39, 0.29) is 84.1 Å². The number of likely N-dealkylation sites (tertiary alicyclic amines) is 1. The van der Waals surface area contributed by atoms with Crippen molar-refractivity contribution in [2.45, 2.75) is 145 Å². The van der Waals surface area contributed by atoms with Crippen LogP contribution in [0.2, 0.25) is 0 Å². The predicted molar refractivity (Wildman–Crippen MR) is 272 cm³/mol. The van der Waals surface area contributed by atoms with Crippen molar-refractivity contribution in [3.8, 4) is 0 Å². The van der Waals surface area contributed by atoms with E-state index in [9.17, 15) is 53.7 Å². The van der Waals surface area contributed by atoms with Crippen molar-refractivity contribution < 1.29 is 58.4 Å². The Morgan fingerprint density at radius 1 is 0.743 bits per heavy atom. The van der Waals surface area contributed by atoms with E-state index in [4.69, 9.17) is 50.3 Å². The molecule has 0 bridgehead atoms. The molecule has 27 N–H and O–H groups in total. The number of carbonyl (C=O) groups is 8. The van der Waals surface area contributed by atoms with Gasteiger partial charge >= 0.3 is 5.97 Å². The fourth-order valence-electron chi connectivity index (χ4n) is 7.59. The van der Waals surface area contributed by atoms with Gasteiger partial charge in [-0.1, -0.05) is 12.5 Å². The molecular weight excluding hydrogens is 973 g/mol. The van der Waals surface area contributed by atoms with Crippen LogP contribution in [0.15, 0.2) is 11.8 Å². The Morgan fingerprint density at radius 3 is 2.01 bits per heavy atom. The van der Waals surface area contributed by atoms with Crippen molar-refractivity contribution >= 4 is 53.3 Å². The minimum absolute atomic E-state index is 0.0286. The van der Waals surface area contributed by atoms with Crippen LogP contribution in [0.5, 0.6) is 0 Å². The zero-order valence-corrected chi connectivity index (χ0v) is 42.5. The molecule has 1 rings (SSSR count). The minimum atomic E-state index is -1.56. The van der Waals surface area contributed by atoms with Crippen molar-refractivity contribution in [3.63, 3.8) is 0 Å². The lowest BCUT2D eigenvalue weighted by Gasteiger charge is -2.34. The van der Waals surface area contributed by atoms with E-state index in [0.717, 1.165) is 0 Å². The fourth-order valence-corrected chi connectivity index (χ4v) is 7.59. The highest BCUT2D eigenvalue weighted by molar-refractivity contribution is 5.97. The highest BCUT2D eigenvalue weighted by Gasteiger charge is 2.39. The first kappa shape index (κ1) is 66.3. The minimum Gasteiger partial charge on any atom is -0.477 e. The Bertz CT molecular complexity index is 1800. The molecule has 0 saturated carbocycles. The number of aliphatic carboxylic acids is 1. The summed E-state index contributed by atoms with van der Waals surface area (Å²) in [6, 6.07) is -8.31. The van der Waals surface area contributed by atoms with Crippen LogP contribution in [0.3, 0.4) is 0 Å². The van der Waals surface area contributed by atoms with E-state index in [1.165, 1.54) is 17.9 Å². The summed E-state index contributed by atoms with van der Waals surface area (Å²) in [7, 11) is 0. The average molecular weight is 1060 g/mol. The SMILES string of the molecule is C[C@H](NC(=O)[C@@H](NC(=O)[C@@H](N)CCCCN)[C@@H](O)CN)C(=O)NCC(=O)N[C@H](CCCN)C(=O)N1CCC[C@H]1C(O)N[C@@H](CCCNCOCN)C(=O)N[C@@H](CCCCN)C(=O)N/C(=C\CCNC(=N)N)C(=O)O. The van der Waals surface area contributed by atoms with Crippen LogP contribution in [0.1, 0.15) is 90.4 Å². The number of aliphatic hydroxyl groups excluding tert-OH is 2. The van der Waals surface area contributed by atoms with E-state index >= 15 is 0 Å². The summed E-state index contributed by atoms with van der Waals surface area (Å²) in [5.74, 6) is -7.15. The topological polar surface area (TPSA) is 524 Å². The molecule has 1 unspecified atom stereocenters. The van der Waals surface area contributed by atoms with Crippen LogP contribution in [0.25, 0.3) is 0 Å². The lowest BCUT2D eigenvalue weighted by Crippen LogP contribution is -2.60. The normalized spacial score (nSPS) is 16.8. The number of hydrogen-bond donors (Lipinski definition) is 20. The van der Waals surface area contributed by atoms with Gasteiger partial charge in [0.2, 0.25) is 41.4 Å². The van der Waals surface area contributed by atoms with Gasteiger partial charge in [-0.3, -0.25) is 49.6 Å². The number of ether oxygens (including phenoxy) is 1. The monoisotopic (exact) mass is 1060 g/mol. The van der Waals surface area contributed by atoms with Gasteiger partial charge in [0.05, 0.1) is 44.2 Å². The number of unbranched alkanes of at least 4 members (excludes halogenated alkanes) is 2. The molecule has 0 radical (unpaired) electrons. The van der Waals surface area contributed by atoms with Gasteiger partial charge in [-0.15, -0.1) is 0 Å². The van der Waals surface area contributed by atoms with Crippen LogP contribution >= 0.6 is 0 Å². The number of nitrogens with two attached hydrogens (primary N) is 7. The second kappa shape index (κ2) is 38.0. The zero-order chi connectivity index (χ0) is 55.6. The summed E-state index contributed by atoms with van der Waals surface area (Å²) in [5.41, 5.74) is 38.7. The van der Waals surface area contributed by atoms with Gasteiger partial charge in [0, 0.05) is 19.6 Å². The van der Waals surface area contributed by atoms with Crippen molar-refractivity contribution in [1.29, 1.82) is 5.41 Å². The molecule has 74 heavy (non-hydrogen) atoms. The molecule has 1 aliphatic heterocycles. The Balaban J connectivity index is 3.20. The molecule has 1 fully saturated rings. The van der Waals surface area contributed by atoms with Gasteiger partial charge in [0.25, 0.3) is 0 Å². The van der Waals surface area contributed by atoms with Gasteiger partial charge in [-0.2, -0.15) is 0 Å². The van der Waals surface area contributed by atoms with E-state index < -0.39 is 121 Å². The number of aliphatic hydroxyl groups is 2. The maximum absolute atomic E-state index is 14.2. The molecule has 9 atom stereocenters. The van der Waals surface area contributed by atoms with Crippen LogP contribution in [0.4, 0.5) is 0 Å². The molecule has 1 saturated heterocycles. The molecule has 0 spiro atoms. The van der Waals surface area contributed by atoms with Gasteiger partial charge in [0.15, 0.2) is 5.96 Å². The van der Waals surface area contributed by atoms with E-state index in [1.54, 1.807) is 0 Å². The molecular formula is C44H86N18O12. The highest BCUT2D eigenvalue weighted by atomic mass is 16.5. The van der Waals surface area contributed by atoms with Crippen molar-refractivity contribution in [3.05, 3.63) is 11.8 Å². The Labute approximate surface area is 431 Å². The van der Waals surface area contributed by atoms with E-state index in [2.05, 4.69) is 47.9 Å². The maximum Gasteiger partial charge on any atom is 0.352 e. The Morgan fingerprint density at radius 2 is 1.39 bits per heavy atom. The van der Waals surface area contributed by atoms with Crippen molar-refractivity contribution in [1.82, 2.24) is 52.8 Å². The molecule has 30 nitrogen and oxygen atoms in total. The number of amides is 7. The number of nitrogens with zero attached hydrogens (tertiary/aromatic N) is 1.